The van der Waals surface area contributed by atoms with Crippen molar-refractivity contribution in [3.63, 3.8) is 0 Å². The van der Waals surface area contributed by atoms with Crippen molar-refractivity contribution < 1.29 is 9.59 Å². The van der Waals surface area contributed by atoms with Gasteiger partial charge in [-0.05, 0) is 34.5 Å². The number of rotatable bonds is 8. The fourth-order valence-electron chi connectivity index (χ4n) is 2.73. The highest BCUT2D eigenvalue weighted by Gasteiger charge is 2.16. The summed E-state index contributed by atoms with van der Waals surface area (Å²) in [5, 5.41) is 15.0. The number of nitrogens with zero attached hydrogens (tertiary/aromatic N) is 3. The first-order valence-electron chi connectivity index (χ1n) is 9.56. The summed E-state index contributed by atoms with van der Waals surface area (Å²) >= 11 is 4.74. The van der Waals surface area contributed by atoms with E-state index in [1.807, 2.05) is 61.5 Å². The third-order valence-electron chi connectivity index (χ3n) is 4.20. The molecule has 1 heterocycles. The minimum atomic E-state index is -0.237. The zero-order valence-electron chi connectivity index (χ0n) is 16.5. The Morgan fingerprint density at radius 1 is 1.00 bits per heavy atom. The first kappa shape index (κ1) is 21.9. The number of aromatic nitrogens is 2. The Kier molecular flexibility index (Phi) is 7.92. The fourth-order valence-corrected chi connectivity index (χ4v) is 3.88. The molecule has 1 aromatic heterocycles. The van der Waals surface area contributed by atoms with Crippen molar-refractivity contribution in [2.45, 2.75) is 19.8 Å². The Hall–Kier alpha value is -2.78. The number of para-hydroxylation sites is 1. The van der Waals surface area contributed by atoms with E-state index in [-0.39, 0.29) is 18.4 Å². The van der Waals surface area contributed by atoms with Gasteiger partial charge < -0.3 is 15.5 Å². The molecule has 3 aromatic rings. The van der Waals surface area contributed by atoms with Crippen LogP contribution < -0.4 is 10.6 Å². The third kappa shape index (κ3) is 6.11. The van der Waals surface area contributed by atoms with Crippen molar-refractivity contribution in [3.8, 4) is 10.6 Å². The largest absolute Gasteiger partial charge is 0.324 e. The molecule has 0 unspecified atom stereocenters. The summed E-state index contributed by atoms with van der Waals surface area (Å²) in [5.74, 6) is -0.208. The molecule has 9 heteroatoms. The van der Waals surface area contributed by atoms with Gasteiger partial charge in [0.2, 0.25) is 11.0 Å². The minimum absolute atomic E-state index is 0.170. The second-order valence-electron chi connectivity index (χ2n) is 6.47. The number of urea groups is 1. The van der Waals surface area contributed by atoms with Crippen molar-refractivity contribution in [1.82, 2.24) is 15.1 Å². The molecule has 2 N–H and O–H groups in total. The van der Waals surface area contributed by atoms with E-state index in [2.05, 4.69) is 36.8 Å². The average Bonchev–Trinajstić information content (AvgIpc) is 3.21. The van der Waals surface area contributed by atoms with Crippen molar-refractivity contribution in [2.24, 2.45) is 0 Å². The van der Waals surface area contributed by atoms with E-state index >= 15 is 0 Å². The summed E-state index contributed by atoms with van der Waals surface area (Å²) in [6, 6.07) is 16.8. The smallest absolute Gasteiger partial charge is 0.321 e. The molecule has 156 valence electrons. The molecular formula is C21H22BrN5O2S. The molecule has 3 rings (SSSR count). The molecule has 0 aliphatic heterocycles. The van der Waals surface area contributed by atoms with Crippen LogP contribution >= 0.6 is 27.3 Å². The van der Waals surface area contributed by atoms with Crippen LogP contribution in [0.15, 0.2) is 59.1 Å². The van der Waals surface area contributed by atoms with Gasteiger partial charge in [-0.2, -0.15) is 0 Å². The lowest BCUT2D eigenvalue weighted by Gasteiger charge is -2.22. The molecule has 3 amide bonds. The van der Waals surface area contributed by atoms with Gasteiger partial charge in [0.1, 0.15) is 5.01 Å². The minimum Gasteiger partial charge on any atom is -0.324 e. The van der Waals surface area contributed by atoms with Crippen molar-refractivity contribution in [2.75, 3.05) is 23.7 Å². The zero-order chi connectivity index (χ0) is 21.3. The first-order chi connectivity index (χ1) is 14.6. The quantitative estimate of drug-likeness (QED) is 0.454. The normalized spacial score (nSPS) is 10.5. The number of carbonyl (C=O) groups excluding carboxylic acids is 2. The van der Waals surface area contributed by atoms with Gasteiger partial charge in [0.25, 0.3) is 0 Å². The molecule has 0 spiro atoms. The molecule has 0 aliphatic rings. The highest BCUT2D eigenvalue weighted by atomic mass is 79.9. The van der Waals surface area contributed by atoms with Gasteiger partial charge in [0, 0.05) is 29.5 Å². The molecular weight excluding hydrogens is 466 g/mol. The van der Waals surface area contributed by atoms with E-state index in [9.17, 15) is 9.59 Å². The van der Waals surface area contributed by atoms with Gasteiger partial charge in [-0.25, -0.2) is 4.79 Å². The van der Waals surface area contributed by atoms with E-state index in [1.54, 1.807) is 4.90 Å². The summed E-state index contributed by atoms with van der Waals surface area (Å²) in [6.07, 6.45) is 0.964. The van der Waals surface area contributed by atoms with E-state index in [0.717, 1.165) is 21.5 Å². The number of carbonyl (C=O) groups is 2. The predicted molar refractivity (Wildman–Crippen MR) is 124 cm³/mol. The molecule has 0 bridgehead atoms. The lowest BCUT2D eigenvalue weighted by atomic mass is 10.2. The topological polar surface area (TPSA) is 87.2 Å². The van der Waals surface area contributed by atoms with Gasteiger partial charge in [-0.3, -0.25) is 4.79 Å². The van der Waals surface area contributed by atoms with Crippen molar-refractivity contribution >= 4 is 50.0 Å². The van der Waals surface area contributed by atoms with Gasteiger partial charge in [0.05, 0.1) is 5.69 Å². The third-order valence-corrected chi connectivity index (χ3v) is 5.78. The van der Waals surface area contributed by atoms with Crippen LogP contribution in [0.5, 0.6) is 0 Å². The number of benzene rings is 2. The Bertz CT molecular complexity index is 996. The van der Waals surface area contributed by atoms with E-state index in [0.29, 0.717) is 23.9 Å². The number of amides is 3. The van der Waals surface area contributed by atoms with Crippen LogP contribution in [-0.4, -0.2) is 40.1 Å². The summed E-state index contributed by atoms with van der Waals surface area (Å²) in [7, 11) is 0. The summed E-state index contributed by atoms with van der Waals surface area (Å²) in [5.41, 5.74) is 1.64. The second-order valence-corrected chi connectivity index (χ2v) is 8.31. The van der Waals surface area contributed by atoms with Gasteiger partial charge in [0.15, 0.2) is 0 Å². The summed E-state index contributed by atoms with van der Waals surface area (Å²) in [6.45, 7) is 2.85. The average molecular weight is 488 g/mol. The maximum Gasteiger partial charge on any atom is 0.321 e. The molecule has 2 aromatic carbocycles. The Morgan fingerprint density at radius 3 is 2.47 bits per heavy atom. The number of nitrogens with one attached hydrogen (secondary N) is 2. The highest BCUT2D eigenvalue weighted by molar-refractivity contribution is 9.10. The molecule has 0 atom stereocenters. The molecule has 30 heavy (non-hydrogen) atoms. The lowest BCUT2D eigenvalue weighted by Crippen LogP contribution is -2.37. The van der Waals surface area contributed by atoms with Crippen LogP contribution in [0.2, 0.25) is 0 Å². The van der Waals surface area contributed by atoms with Gasteiger partial charge >= 0.3 is 6.03 Å². The SMILES string of the molecule is CCCN(CCC(=O)Nc1nnc(-c2ccccc2)s1)C(=O)Nc1ccccc1Br. The molecule has 0 saturated carbocycles. The van der Waals surface area contributed by atoms with Crippen LogP contribution in [0.25, 0.3) is 10.6 Å². The van der Waals surface area contributed by atoms with E-state index in [4.69, 9.17) is 0 Å². The molecule has 0 aliphatic carbocycles. The number of hydrogen-bond donors (Lipinski definition) is 2. The fraction of sp³-hybridized carbons (Fsp3) is 0.238. The number of halogens is 1. The van der Waals surface area contributed by atoms with Crippen LogP contribution in [-0.2, 0) is 4.79 Å². The Balaban J connectivity index is 1.54. The highest BCUT2D eigenvalue weighted by Crippen LogP contribution is 2.26. The molecule has 0 saturated heterocycles. The maximum atomic E-state index is 12.6. The van der Waals surface area contributed by atoms with Crippen LogP contribution in [0.4, 0.5) is 15.6 Å². The zero-order valence-corrected chi connectivity index (χ0v) is 18.9. The Morgan fingerprint density at radius 2 is 1.73 bits per heavy atom. The standard InChI is InChI=1S/C21H22BrN5O2S/c1-2-13-27(21(29)23-17-11-7-6-10-16(17)22)14-12-18(28)24-20-26-25-19(30-20)15-8-4-3-5-9-15/h3-11H,2,12-14H2,1H3,(H,23,29)(H,24,26,28). The molecule has 7 nitrogen and oxygen atoms in total. The first-order valence-corrected chi connectivity index (χ1v) is 11.2. The predicted octanol–water partition coefficient (Wildman–Crippen LogP) is 5.24. The lowest BCUT2D eigenvalue weighted by molar-refractivity contribution is -0.116. The van der Waals surface area contributed by atoms with E-state index < -0.39 is 0 Å². The second kappa shape index (κ2) is 10.8. The molecule has 0 radical (unpaired) electrons. The van der Waals surface area contributed by atoms with Gasteiger partial charge in [-0.1, -0.05) is 60.7 Å². The number of anilines is 2. The monoisotopic (exact) mass is 487 g/mol. The number of hydrogen-bond acceptors (Lipinski definition) is 5. The van der Waals surface area contributed by atoms with Crippen LogP contribution in [0, 0.1) is 0 Å². The summed E-state index contributed by atoms with van der Waals surface area (Å²) < 4.78 is 0.804. The van der Waals surface area contributed by atoms with E-state index in [1.165, 1.54) is 11.3 Å². The van der Waals surface area contributed by atoms with Crippen molar-refractivity contribution in [3.05, 3.63) is 59.1 Å². The van der Waals surface area contributed by atoms with Crippen LogP contribution in [0.3, 0.4) is 0 Å². The van der Waals surface area contributed by atoms with Gasteiger partial charge in [-0.15, -0.1) is 10.2 Å². The summed E-state index contributed by atoms with van der Waals surface area (Å²) in [4.78, 5) is 26.6. The molecule has 0 fully saturated rings. The Labute approximate surface area is 187 Å². The maximum absolute atomic E-state index is 12.6. The van der Waals surface area contributed by atoms with Crippen molar-refractivity contribution in [1.29, 1.82) is 0 Å². The van der Waals surface area contributed by atoms with Crippen LogP contribution in [0.1, 0.15) is 19.8 Å².